The van der Waals surface area contributed by atoms with Crippen LogP contribution in [-0.4, -0.2) is 34.6 Å². The molecule has 1 saturated heterocycles. The molecular formula is C29H39ClN2O2. The van der Waals surface area contributed by atoms with Gasteiger partial charge in [0.15, 0.2) is 0 Å². The van der Waals surface area contributed by atoms with Gasteiger partial charge in [0.1, 0.15) is 11.8 Å². The van der Waals surface area contributed by atoms with Crippen LogP contribution in [0.4, 0.5) is 0 Å². The molecule has 2 aromatic rings. The van der Waals surface area contributed by atoms with Crippen LogP contribution in [0.2, 0.25) is 0 Å². The van der Waals surface area contributed by atoms with Crippen molar-refractivity contribution in [1.29, 1.82) is 0 Å². The van der Waals surface area contributed by atoms with E-state index in [4.69, 9.17) is 4.74 Å². The van der Waals surface area contributed by atoms with Gasteiger partial charge in [0, 0.05) is 23.0 Å². The van der Waals surface area contributed by atoms with Crippen molar-refractivity contribution < 1.29 is 9.53 Å². The first-order valence-corrected chi connectivity index (χ1v) is 13.1. The summed E-state index contributed by atoms with van der Waals surface area (Å²) < 4.78 is 8.62. The molecule has 4 nitrogen and oxygen atoms in total. The van der Waals surface area contributed by atoms with Gasteiger partial charge in [-0.2, -0.15) is 0 Å². The summed E-state index contributed by atoms with van der Waals surface area (Å²) in [7, 11) is 0. The zero-order chi connectivity index (χ0) is 23.0. The van der Waals surface area contributed by atoms with E-state index in [1.807, 2.05) is 0 Å². The van der Waals surface area contributed by atoms with E-state index in [1.165, 1.54) is 35.0 Å². The molecule has 34 heavy (non-hydrogen) atoms. The molecule has 4 atom stereocenters. The maximum atomic E-state index is 13.9. The molecule has 0 N–H and O–H groups in total. The first-order chi connectivity index (χ1) is 15.8. The van der Waals surface area contributed by atoms with E-state index in [-0.39, 0.29) is 35.3 Å². The molecule has 0 spiro atoms. The zero-order valence-corrected chi connectivity index (χ0v) is 21.9. The Morgan fingerprint density at radius 2 is 1.97 bits per heavy atom. The highest BCUT2D eigenvalue weighted by Crippen LogP contribution is 2.57. The van der Waals surface area contributed by atoms with Crippen molar-refractivity contribution in [2.24, 2.45) is 16.7 Å². The van der Waals surface area contributed by atoms with Gasteiger partial charge < -0.3 is 9.30 Å². The highest BCUT2D eigenvalue weighted by atomic mass is 35.5. The molecule has 1 saturated carbocycles. The lowest BCUT2D eigenvalue weighted by Crippen LogP contribution is -2.51. The number of esters is 1. The summed E-state index contributed by atoms with van der Waals surface area (Å²) in [5, 5.41) is 1.32. The van der Waals surface area contributed by atoms with Crippen LogP contribution < -0.4 is 0 Å². The summed E-state index contributed by atoms with van der Waals surface area (Å²) in [5.74, 6) is 0.466. The van der Waals surface area contributed by atoms with Gasteiger partial charge in [-0.25, -0.2) is 4.79 Å². The van der Waals surface area contributed by atoms with Crippen molar-refractivity contribution >= 4 is 35.0 Å². The third kappa shape index (κ3) is 3.55. The van der Waals surface area contributed by atoms with Gasteiger partial charge in [0.05, 0.1) is 11.6 Å². The van der Waals surface area contributed by atoms with E-state index in [0.29, 0.717) is 12.0 Å². The number of carbonyl (C=O) groups is 1. The predicted molar refractivity (Wildman–Crippen MR) is 140 cm³/mol. The van der Waals surface area contributed by atoms with Crippen LogP contribution in [0.3, 0.4) is 0 Å². The minimum absolute atomic E-state index is 0. The first kappa shape index (κ1) is 23.9. The Hall–Kier alpha value is -1.78. The fourth-order valence-corrected chi connectivity index (χ4v) is 7.99. The van der Waals surface area contributed by atoms with E-state index >= 15 is 0 Å². The lowest BCUT2D eigenvalue weighted by molar-refractivity contribution is -0.146. The smallest absolute Gasteiger partial charge is 0.355 e. The maximum absolute atomic E-state index is 13.9. The van der Waals surface area contributed by atoms with Crippen LogP contribution in [0.5, 0.6) is 0 Å². The molecule has 4 aliphatic rings. The largest absolute Gasteiger partial charge is 0.458 e. The van der Waals surface area contributed by atoms with E-state index in [2.05, 4.69) is 67.5 Å². The van der Waals surface area contributed by atoms with Crippen LogP contribution in [0, 0.1) is 16.7 Å². The number of carbonyl (C=O) groups excluding carboxylic acids is 1. The summed E-state index contributed by atoms with van der Waals surface area (Å²) in [4.78, 5) is 16.6. The fraction of sp³-hybridized carbons (Fsp3) is 0.621. The average molecular weight is 483 g/mol. The Morgan fingerprint density at radius 1 is 1.18 bits per heavy atom. The summed E-state index contributed by atoms with van der Waals surface area (Å²) in [6.07, 6.45) is 9.94. The minimum atomic E-state index is -0.123. The van der Waals surface area contributed by atoms with Crippen molar-refractivity contribution in [3.8, 4) is 0 Å². The van der Waals surface area contributed by atoms with Crippen molar-refractivity contribution in [2.45, 2.75) is 84.8 Å². The van der Waals surface area contributed by atoms with E-state index < -0.39 is 0 Å². The second-order valence-corrected chi connectivity index (χ2v) is 12.1. The van der Waals surface area contributed by atoms with Gasteiger partial charge in [0.25, 0.3) is 0 Å². The molecule has 3 aliphatic heterocycles. The van der Waals surface area contributed by atoms with Gasteiger partial charge in [-0.3, -0.25) is 4.90 Å². The van der Waals surface area contributed by atoms with Crippen LogP contribution >= 0.6 is 12.4 Å². The predicted octanol–water partition coefficient (Wildman–Crippen LogP) is 6.77. The highest BCUT2D eigenvalue weighted by molar-refractivity contribution is 6.13. The molecule has 0 bridgehead atoms. The van der Waals surface area contributed by atoms with E-state index in [1.54, 1.807) is 0 Å². The monoisotopic (exact) mass is 482 g/mol. The van der Waals surface area contributed by atoms with Crippen LogP contribution in [0.15, 0.2) is 30.3 Å². The van der Waals surface area contributed by atoms with Gasteiger partial charge in [-0.05, 0) is 80.5 Å². The Balaban J connectivity index is 0.00000241. The number of piperidine rings is 1. The average Bonchev–Trinajstić information content (AvgIpc) is 3.11. The SMILES string of the molecule is CC[C@@]12C=C(C(=O)OC3CC(C)CC(C)(C)C3)n3c4c(c5ccccc53)CCN(CCC1)[C@H]42.Cl. The first-order valence-electron chi connectivity index (χ1n) is 13.1. The fourth-order valence-electron chi connectivity index (χ4n) is 7.99. The number of hydrogen-bond donors (Lipinski definition) is 0. The van der Waals surface area contributed by atoms with E-state index in [9.17, 15) is 4.79 Å². The Labute approximate surface area is 210 Å². The van der Waals surface area contributed by atoms with Crippen LogP contribution in [0.25, 0.3) is 16.6 Å². The number of rotatable bonds is 3. The second kappa shape index (κ2) is 8.41. The molecule has 2 fully saturated rings. The number of halogens is 1. The summed E-state index contributed by atoms with van der Waals surface area (Å²) >= 11 is 0. The number of ether oxygens (including phenoxy) is 1. The third-order valence-electron chi connectivity index (χ3n) is 9.08. The molecule has 1 aromatic carbocycles. The lowest BCUT2D eigenvalue weighted by atomic mass is 9.66. The number of hydrogen-bond acceptors (Lipinski definition) is 3. The second-order valence-electron chi connectivity index (χ2n) is 12.1. The summed E-state index contributed by atoms with van der Waals surface area (Å²) in [5.41, 5.74) is 5.01. The van der Waals surface area contributed by atoms with Crippen molar-refractivity contribution in [1.82, 2.24) is 9.47 Å². The van der Waals surface area contributed by atoms with Crippen LogP contribution in [-0.2, 0) is 16.0 Å². The number of fused-ring (bicyclic) bond motifs is 3. The van der Waals surface area contributed by atoms with Crippen molar-refractivity contribution in [3.05, 3.63) is 41.6 Å². The number of benzene rings is 1. The van der Waals surface area contributed by atoms with Gasteiger partial charge >= 0.3 is 5.97 Å². The highest BCUT2D eigenvalue weighted by Gasteiger charge is 2.51. The lowest BCUT2D eigenvalue weighted by Gasteiger charge is -2.53. The quantitative estimate of drug-likeness (QED) is 0.453. The molecule has 1 aliphatic carbocycles. The molecule has 184 valence electrons. The number of aromatic nitrogens is 1. The molecule has 4 heterocycles. The molecule has 1 aromatic heterocycles. The topological polar surface area (TPSA) is 34.5 Å². The minimum Gasteiger partial charge on any atom is -0.458 e. The van der Waals surface area contributed by atoms with Gasteiger partial charge in [0.2, 0.25) is 0 Å². The standard InChI is InChI=1S/C29H38N2O2.ClH/c1-5-29-12-8-13-30-14-11-22-21-9-6-7-10-23(21)31(25(22)26(29)30)24(18-29)27(32)33-20-15-19(2)16-28(3,4)17-20;/h6-7,9-10,18-20,26H,5,8,11-17H2,1-4H3;1H/t19?,20?,26-,29+;/m1./s1. The molecule has 5 heteroatoms. The third-order valence-corrected chi connectivity index (χ3v) is 9.08. The Morgan fingerprint density at radius 3 is 2.74 bits per heavy atom. The van der Waals surface area contributed by atoms with Crippen molar-refractivity contribution in [3.63, 3.8) is 0 Å². The maximum Gasteiger partial charge on any atom is 0.355 e. The molecule has 0 amide bonds. The van der Waals surface area contributed by atoms with Gasteiger partial charge in [-0.15, -0.1) is 12.4 Å². The zero-order valence-electron chi connectivity index (χ0n) is 21.1. The number of para-hydroxylation sites is 1. The Bertz CT molecular complexity index is 1150. The Kier molecular flexibility index (Phi) is 5.92. The summed E-state index contributed by atoms with van der Waals surface area (Å²) in [6.45, 7) is 11.5. The number of nitrogens with zero attached hydrogens (tertiary/aromatic N) is 2. The van der Waals surface area contributed by atoms with Crippen molar-refractivity contribution in [2.75, 3.05) is 13.1 Å². The molecule has 6 rings (SSSR count). The van der Waals surface area contributed by atoms with Gasteiger partial charge in [-0.1, -0.05) is 45.9 Å². The molecular weight excluding hydrogens is 444 g/mol. The van der Waals surface area contributed by atoms with Crippen LogP contribution in [0.1, 0.15) is 83.5 Å². The molecule has 0 radical (unpaired) electrons. The molecule has 2 unspecified atom stereocenters. The van der Waals surface area contributed by atoms with E-state index in [0.717, 1.165) is 50.9 Å². The summed E-state index contributed by atoms with van der Waals surface area (Å²) in [6, 6.07) is 9.05. The normalized spacial score (nSPS) is 31.9.